The number of nitrogen functional groups attached to an aromatic ring is 1. The van der Waals surface area contributed by atoms with Gasteiger partial charge in [-0.2, -0.15) is 5.10 Å². The van der Waals surface area contributed by atoms with Crippen LogP contribution in [0, 0.1) is 0 Å². The molecule has 0 aliphatic carbocycles. The summed E-state index contributed by atoms with van der Waals surface area (Å²) in [5, 5.41) is 7.71. The Morgan fingerprint density at radius 2 is 1.84 bits per heavy atom. The summed E-state index contributed by atoms with van der Waals surface area (Å²) in [6.07, 6.45) is 1.73. The first-order chi connectivity index (χ1) is 9.25. The van der Waals surface area contributed by atoms with Gasteiger partial charge in [-0.25, -0.2) is 0 Å². The number of aromatic nitrogens is 3. The molecular formula is C14H11ClN4. The van der Waals surface area contributed by atoms with Crippen molar-refractivity contribution in [3.63, 3.8) is 0 Å². The monoisotopic (exact) mass is 270 g/mol. The lowest BCUT2D eigenvalue weighted by molar-refractivity contribution is 1.10. The van der Waals surface area contributed by atoms with Crippen molar-refractivity contribution in [2.24, 2.45) is 0 Å². The van der Waals surface area contributed by atoms with Crippen LogP contribution in [-0.4, -0.2) is 15.2 Å². The van der Waals surface area contributed by atoms with Gasteiger partial charge in [0.1, 0.15) is 0 Å². The molecule has 19 heavy (non-hydrogen) atoms. The SMILES string of the molecule is Nc1n[nH]c(-c2ccc(Cl)cc2)c1-c1ccccn1. The highest BCUT2D eigenvalue weighted by atomic mass is 35.5. The number of aromatic amines is 1. The van der Waals surface area contributed by atoms with Gasteiger partial charge in [0, 0.05) is 16.8 Å². The van der Waals surface area contributed by atoms with Crippen molar-refractivity contribution >= 4 is 17.4 Å². The lowest BCUT2D eigenvalue weighted by Gasteiger charge is -2.04. The molecule has 4 nitrogen and oxygen atoms in total. The Hall–Kier alpha value is -2.33. The Kier molecular flexibility index (Phi) is 2.93. The summed E-state index contributed by atoms with van der Waals surface area (Å²) < 4.78 is 0. The van der Waals surface area contributed by atoms with E-state index in [1.165, 1.54) is 0 Å². The summed E-state index contributed by atoms with van der Waals surface area (Å²) in [5.41, 5.74) is 9.34. The van der Waals surface area contributed by atoms with E-state index in [0.717, 1.165) is 22.5 Å². The van der Waals surface area contributed by atoms with Gasteiger partial charge < -0.3 is 5.73 Å². The van der Waals surface area contributed by atoms with E-state index in [1.807, 2.05) is 42.5 Å². The maximum absolute atomic E-state index is 5.93. The van der Waals surface area contributed by atoms with Crippen molar-refractivity contribution in [2.45, 2.75) is 0 Å². The minimum Gasteiger partial charge on any atom is -0.382 e. The number of pyridine rings is 1. The molecule has 5 heteroatoms. The number of hydrogen-bond donors (Lipinski definition) is 2. The van der Waals surface area contributed by atoms with Gasteiger partial charge in [-0.3, -0.25) is 10.1 Å². The van der Waals surface area contributed by atoms with E-state index in [-0.39, 0.29) is 0 Å². The molecule has 0 saturated carbocycles. The Morgan fingerprint density at radius 1 is 1.05 bits per heavy atom. The molecule has 0 fully saturated rings. The van der Waals surface area contributed by atoms with Crippen LogP contribution >= 0.6 is 11.6 Å². The van der Waals surface area contributed by atoms with E-state index in [1.54, 1.807) is 6.20 Å². The van der Waals surface area contributed by atoms with Crippen molar-refractivity contribution in [1.82, 2.24) is 15.2 Å². The zero-order valence-corrected chi connectivity index (χ0v) is 10.7. The second-order valence-corrected chi connectivity index (χ2v) is 4.52. The summed E-state index contributed by atoms with van der Waals surface area (Å²) in [6.45, 7) is 0. The molecule has 0 bridgehead atoms. The van der Waals surface area contributed by atoms with E-state index in [2.05, 4.69) is 15.2 Å². The first kappa shape index (κ1) is 11.7. The van der Waals surface area contributed by atoms with E-state index >= 15 is 0 Å². The molecule has 3 rings (SSSR count). The van der Waals surface area contributed by atoms with Crippen LogP contribution < -0.4 is 5.73 Å². The lowest BCUT2D eigenvalue weighted by Crippen LogP contribution is -1.90. The molecule has 0 amide bonds. The number of benzene rings is 1. The first-order valence-corrected chi connectivity index (χ1v) is 6.14. The average Bonchev–Trinajstić information content (AvgIpc) is 2.82. The van der Waals surface area contributed by atoms with Crippen molar-refractivity contribution in [1.29, 1.82) is 0 Å². The molecule has 2 aromatic heterocycles. The fraction of sp³-hybridized carbons (Fsp3) is 0. The van der Waals surface area contributed by atoms with Crippen LogP contribution in [0.4, 0.5) is 5.82 Å². The van der Waals surface area contributed by atoms with Crippen molar-refractivity contribution < 1.29 is 0 Å². The number of hydrogen-bond acceptors (Lipinski definition) is 3. The number of nitrogens with two attached hydrogens (primary N) is 1. The topological polar surface area (TPSA) is 67.6 Å². The molecule has 0 spiro atoms. The van der Waals surface area contributed by atoms with Gasteiger partial charge in [0.15, 0.2) is 5.82 Å². The summed E-state index contributed by atoms with van der Waals surface area (Å²) in [5.74, 6) is 0.434. The molecule has 1 aromatic carbocycles. The van der Waals surface area contributed by atoms with E-state index < -0.39 is 0 Å². The molecular weight excluding hydrogens is 260 g/mol. The third-order valence-corrected chi connectivity index (χ3v) is 3.10. The fourth-order valence-corrected chi connectivity index (χ4v) is 2.08. The minimum absolute atomic E-state index is 0.434. The van der Waals surface area contributed by atoms with Gasteiger partial charge >= 0.3 is 0 Å². The number of rotatable bonds is 2. The molecule has 3 aromatic rings. The Balaban J connectivity index is 2.16. The Bertz CT molecular complexity index is 689. The van der Waals surface area contributed by atoms with Gasteiger partial charge in [-0.05, 0) is 24.3 Å². The predicted octanol–water partition coefficient (Wildman–Crippen LogP) is 3.37. The predicted molar refractivity (Wildman–Crippen MR) is 76.7 cm³/mol. The zero-order valence-electron chi connectivity index (χ0n) is 9.97. The van der Waals surface area contributed by atoms with Crippen LogP contribution in [0.15, 0.2) is 48.7 Å². The number of nitrogens with zero attached hydrogens (tertiary/aromatic N) is 2. The highest BCUT2D eigenvalue weighted by molar-refractivity contribution is 6.30. The average molecular weight is 271 g/mol. The second-order valence-electron chi connectivity index (χ2n) is 4.08. The van der Waals surface area contributed by atoms with Crippen LogP contribution in [0.5, 0.6) is 0 Å². The summed E-state index contributed by atoms with van der Waals surface area (Å²) in [6, 6.07) is 13.2. The Labute approximate surface area is 115 Å². The number of anilines is 1. The van der Waals surface area contributed by atoms with Crippen molar-refractivity contribution in [3.05, 3.63) is 53.7 Å². The van der Waals surface area contributed by atoms with E-state index in [0.29, 0.717) is 10.8 Å². The number of halogens is 1. The van der Waals surface area contributed by atoms with Gasteiger partial charge in [-0.1, -0.05) is 29.8 Å². The van der Waals surface area contributed by atoms with E-state index in [9.17, 15) is 0 Å². The largest absolute Gasteiger partial charge is 0.382 e. The van der Waals surface area contributed by atoms with Crippen LogP contribution in [0.25, 0.3) is 22.5 Å². The number of H-pyrrole nitrogens is 1. The summed E-state index contributed by atoms with van der Waals surface area (Å²) >= 11 is 5.90. The molecule has 0 aliphatic rings. The first-order valence-electron chi connectivity index (χ1n) is 5.77. The molecule has 94 valence electrons. The van der Waals surface area contributed by atoms with Crippen LogP contribution in [0.3, 0.4) is 0 Å². The standard InChI is InChI=1S/C14H11ClN4/c15-10-6-4-9(5-7-10)13-12(14(16)19-18-13)11-3-1-2-8-17-11/h1-8H,(H3,16,18,19). The molecule has 0 aliphatic heterocycles. The molecule has 0 radical (unpaired) electrons. The maximum atomic E-state index is 5.93. The van der Waals surface area contributed by atoms with Gasteiger partial charge in [0.05, 0.1) is 17.0 Å². The quantitative estimate of drug-likeness (QED) is 0.750. The lowest BCUT2D eigenvalue weighted by atomic mass is 10.0. The molecule has 0 atom stereocenters. The fourth-order valence-electron chi connectivity index (χ4n) is 1.95. The van der Waals surface area contributed by atoms with Crippen molar-refractivity contribution in [2.75, 3.05) is 5.73 Å². The Morgan fingerprint density at radius 3 is 2.53 bits per heavy atom. The number of nitrogens with one attached hydrogen (secondary N) is 1. The zero-order chi connectivity index (χ0) is 13.2. The van der Waals surface area contributed by atoms with Gasteiger partial charge in [0.25, 0.3) is 0 Å². The van der Waals surface area contributed by atoms with Crippen LogP contribution in [0.1, 0.15) is 0 Å². The van der Waals surface area contributed by atoms with Crippen LogP contribution in [0.2, 0.25) is 5.02 Å². The van der Waals surface area contributed by atoms with Crippen molar-refractivity contribution in [3.8, 4) is 22.5 Å². The highest BCUT2D eigenvalue weighted by Crippen LogP contribution is 2.33. The second kappa shape index (κ2) is 4.74. The van der Waals surface area contributed by atoms with Crippen LogP contribution in [-0.2, 0) is 0 Å². The minimum atomic E-state index is 0.434. The smallest absolute Gasteiger partial charge is 0.155 e. The summed E-state index contributed by atoms with van der Waals surface area (Å²) in [7, 11) is 0. The third kappa shape index (κ3) is 2.18. The molecule has 0 unspecified atom stereocenters. The molecule has 0 saturated heterocycles. The van der Waals surface area contributed by atoms with E-state index in [4.69, 9.17) is 17.3 Å². The summed E-state index contributed by atoms with van der Waals surface area (Å²) in [4.78, 5) is 4.32. The third-order valence-electron chi connectivity index (χ3n) is 2.85. The normalized spacial score (nSPS) is 10.6. The molecule has 2 heterocycles. The highest BCUT2D eigenvalue weighted by Gasteiger charge is 2.15. The van der Waals surface area contributed by atoms with Gasteiger partial charge in [-0.15, -0.1) is 0 Å². The maximum Gasteiger partial charge on any atom is 0.155 e. The molecule has 3 N–H and O–H groups in total. The van der Waals surface area contributed by atoms with Gasteiger partial charge in [0.2, 0.25) is 0 Å².